The molecule has 35 heavy (non-hydrogen) atoms. The number of imidazole rings is 1. The van der Waals surface area contributed by atoms with Gasteiger partial charge in [0.05, 0.1) is 13.2 Å². The minimum absolute atomic E-state index is 0.223. The van der Waals surface area contributed by atoms with Crippen molar-refractivity contribution in [2.45, 2.75) is 23.5 Å². The van der Waals surface area contributed by atoms with Gasteiger partial charge < -0.3 is 39.9 Å². The van der Waals surface area contributed by atoms with Gasteiger partial charge in [0, 0.05) is 0 Å². The third-order valence-corrected chi connectivity index (χ3v) is 8.69. The number of rotatable bonds is 8. The van der Waals surface area contributed by atoms with E-state index in [1.165, 1.54) is 0 Å². The summed E-state index contributed by atoms with van der Waals surface area (Å²) in [6.07, 6.45) is -2.20. The monoisotopic (exact) mass is 560 g/mol. The Labute approximate surface area is 192 Å². The van der Waals surface area contributed by atoms with E-state index < -0.39 is 65.8 Å². The molecule has 4 heterocycles. The summed E-state index contributed by atoms with van der Waals surface area (Å²) in [6.45, 7) is -1.61. The van der Waals surface area contributed by atoms with E-state index in [9.17, 15) is 38.6 Å². The molecular weight excluding hydrogens is 545 g/mol. The molecule has 2 aliphatic rings. The zero-order chi connectivity index (χ0) is 26.0. The average molecular weight is 560 g/mol. The lowest BCUT2D eigenvalue weighted by atomic mass is 9.98. The zero-order valence-electron chi connectivity index (χ0n) is 16.8. The highest BCUT2D eigenvalue weighted by atomic mass is 31.3. The highest BCUT2D eigenvalue weighted by Crippen LogP contribution is 2.66. The number of aliphatic hydroxyl groups is 1. The maximum atomic E-state index is 12.1. The standard InChI is InChI=1S/C12H15N6O14P3/c13-1-12(18-4-15-5-8(18)16-10(14)17-9(5)20)7-6(19)11(30-12,2-28-7)3-29-34(24,25)32-35(26,27)31-33(21,22)23/h4,6-7,19H,2-3H2,(H,24,25)(H,26,27)(H2,21,22,23)(H3,14,16,17,20)/t6-,7+,11+,12+/m0/s1. The van der Waals surface area contributed by atoms with Gasteiger partial charge >= 0.3 is 23.5 Å². The summed E-state index contributed by atoms with van der Waals surface area (Å²) in [7, 11) is -17.0. The number of aromatic nitrogens is 4. The number of anilines is 1. The second-order valence-electron chi connectivity index (χ2n) is 7.25. The maximum Gasteiger partial charge on any atom is 0.490 e. The van der Waals surface area contributed by atoms with Crippen molar-refractivity contribution in [3.05, 3.63) is 16.7 Å². The fourth-order valence-corrected chi connectivity index (χ4v) is 6.69. The number of nitriles is 1. The quantitative estimate of drug-likeness (QED) is 0.168. The number of nitrogens with one attached hydrogen (secondary N) is 1. The van der Waals surface area contributed by atoms with Crippen LogP contribution in [0.4, 0.5) is 5.95 Å². The number of aliphatic hydroxyl groups excluding tert-OH is 1. The van der Waals surface area contributed by atoms with Crippen LogP contribution in [0.25, 0.3) is 11.2 Å². The number of fused-ring (bicyclic) bond motifs is 3. The van der Waals surface area contributed by atoms with E-state index in [0.717, 1.165) is 10.9 Å². The number of hydrogen-bond acceptors (Lipinski definition) is 14. The van der Waals surface area contributed by atoms with E-state index in [1.54, 1.807) is 6.07 Å². The summed E-state index contributed by atoms with van der Waals surface area (Å²) in [5.74, 6) is -0.329. The van der Waals surface area contributed by atoms with Crippen LogP contribution in [-0.2, 0) is 42.0 Å². The molecule has 2 saturated heterocycles. The SMILES string of the molecule is N#C[C@@]1(n2cnc3c(=O)[nH]c(N)nc32)O[C@@]2(COP(=O)(O)OP(=O)(O)OP(=O)(O)O)CO[C@@H]1[C@@H]2O. The van der Waals surface area contributed by atoms with Crippen LogP contribution < -0.4 is 11.3 Å². The van der Waals surface area contributed by atoms with Gasteiger partial charge in [0.25, 0.3) is 11.3 Å². The van der Waals surface area contributed by atoms with Crippen molar-refractivity contribution < 1.29 is 61.0 Å². The minimum Gasteiger partial charge on any atom is -0.387 e. The molecule has 2 bridgehead atoms. The van der Waals surface area contributed by atoms with Gasteiger partial charge in [-0.3, -0.25) is 18.9 Å². The number of ether oxygens (including phenoxy) is 2. The van der Waals surface area contributed by atoms with E-state index in [0.29, 0.717) is 0 Å². The number of phosphoric ester groups is 1. The Hall–Kier alpha value is -2.07. The van der Waals surface area contributed by atoms with Crippen LogP contribution in [0.1, 0.15) is 0 Å². The van der Waals surface area contributed by atoms with Crippen molar-refractivity contribution in [3.63, 3.8) is 0 Å². The third kappa shape index (κ3) is 4.59. The summed E-state index contributed by atoms with van der Waals surface area (Å²) in [6, 6.07) is 1.77. The van der Waals surface area contributed by atoms with Crippen LogP contribution in [-0.4, -0.2) is 75.2 Å². The van der Waals surface area contributed by atoms with Crippen LogP contribution in [0, 0.1) is 11.3 Å². The topological polar surface area (TPSA) is 312 Å². The van der Waals surface area contributed by atoms with Crippen LogP contribution in [0.3, 0.4) is 0 Å². The van der Waals surface area contributed by atoms with Gasteiger partial charge in [-0.25, -0.2) is 18.7 Å². The second kappa shape index (κ2) is 8.23. The van der Waals surface area contributed by atoms with Crippen molar-refractivity contribution in [1.82, 2.24) is 19.5 Å². The van der Waals surface area contributed by atoms with Gasteiger partial charge in [0.15, 0.2) is 11.2 Å². The van der Waals surface area contributed by atoms with Crippen molar-refractivity contribution >= 4 is 40.6 Å². The minimum atomic E-state index is -5.79. The number of nitrogens with zero attached hydrogens (tertiary/aromatic N) is 4. The van der Waals surface area contributed by atoms with E-state index in [4.69, 9.17) is 25.0 Å². The summed E-state index contributed by atoms with van der Waals surface area (Å²) in [5, 5.41) is 20.7. The molecule has 20 nitrogen and oxygen atoms in total. The number of nitrogen functional groups attached to an aromatic ring is 1. The Kier molecular flexibility index (Phi) is 6.11. The highest BCUT2D eigenvalue weighted by molar-refractivity contribution is 7.66. The van der Waals surface area contributed by atoms with Gasteiger partial charge in [0.1, 0.15) is 30.2 Å². The first-order valence-corrected chi connectivity index (χ1v) is 13.5. The van der Waals surface area contributed by atoms with E-state index in [-0.39, 0.29) is 17.1 Å². The smallest absolute Gasteiger partial charge is 0.387 e. The second-order valence-corrected chi connectivity index (χ2v) is 11.7. The molecule has 23 heteroatoms. The van der Waals surface area contributed by atoms with Crippen molar-refractivity contribution in [2.24, 2.45) is 0 Å². The van der Waals surface area contributed by atoms with Crippen LogP contribution in [0.15, 0.2) is 11.1 Å². The number of nitrogens with two attached hydrogens (primary N) is 1. The summed E-state index contributed by atoms with van der Waals surface area (Å²) in [5.41, 5.74) is 0.0527. The molecular formula is C12H15N6O14P3. The Morgan fingerprint density at radius 3 is 2.60 bits per heavy atom. The van der Waals surface area contributed by atoms with Gasteiger partial charge in [-0.2, -0.15) is 18.9 Å². The molecule has 2 aromatic heterocycles. The molecule has 4 rings (SSSR count). The lowest BCUT2D eigenvalue weighted by molar-refractivity contribution is -0.220. The molecule has 6 atom stereocenters. The molecule has 0 aliphatic carbocycles. The number of hydrogen-bond donors (Lipinski definition) is 7. The Balaban J connectivity index is 1.62. The fraction of sp³-hybridized carbons (Fsp3) is 0.500. The predicted molar refractivity (Wildman–Crippen MR) is 106 cm³/mol. The van der Waals surface area contributed by atoms with E-state index >= 15 is 0 Å². The number of H-pyrrole nitrogens is 1. The van der Waals surface area contributed by atoms with Gasteiger partial charge in [-0.1, -0.05) is 0 Å². The lowest BCUT2D eigenvalue weighted by Crippen LogP contribution is -2.50. The summed E-state index contributed by atoms with van der Waals surface area (Å²) in [4.78, 5) is 58.1. The first-order valence-electron chi connectivity index (χ1n) is 8.96. The molecule has 0 spiro atoms. The van der Waals surface area contributed by atoms with E-state index in [1.807, 2.05) is 0 Å². The summed E-state index contributed by atoms with van der Waals surface area (Å²) < 4.78 is 58.2. The normalized spacial score (nSPS) is 31.8. The molecule has 192 valence electrons. The van der Waals surface area contributed by atoms with Crippen LogP contribution in [0.2, 0.25) is 0 Å². The van der Waals surface area contributed by atoms with Gasteiger partial charge in [-0.05, 0) is 0 Å². The first-order chi connectivity index (χ1) is 16.0. The molecule has 8 N–H and O–H groups in total. The Bertz CT molecular complexity index is 1430. The number of aromatic amines is 1. The Morgan fingerprint density at radius 2 is 1.97 bits per heavy atom. The molecule has 0 radical (unpaired) electrons. The van der Waals surface area contributed by atoms with Gasteiger partial charge in [0.2, 0.25) is 5.95 Å². The van der Waals surface area contributed by atoms with Crippen molar-refractivity contribution in [1.29, 1.82) is 5.26 Å². The molecule has 0 amide bonds. The molecule has 2 aromatic rings. The fourth-order valence-electron chi connectivity index (χ4n) is 3.61. The van der Waals surface area contributed by atoms with E-state index in [2.05, 4.69) is 28.1 Å². The lowest BCUT2D eigenvalue weighted by Gasteiger charge is -2.35. The first kappa shape index (κ1) is 26.0. The third-order valence-electron chi connectivity index (χ3n) is 4.91. The maximum absolute atomic E-state index is 12.1. The van der Waals surface area contributed by atoms with Crippen LogP contribution in [0.5, 0.6) is 0 Å². The summed E-state index contributed by atoms with van der Waals surface area (Å²) >= 11 is 0. The zero-order valence-corrected chi connectivity index (χ0v) is 19.4. The molecule has 2 fully saturated rings. The molecule has 0 aromatic carbocycles. The molecule has 2 unspecified atom stereocenters. The molecule has 2 aliphatic heterocycles. The largest absolute Gasteiger partial charge is 0.490 e. The van der Waals surface area contributed by atoms with Crippen molar-refractivity contribution in [3.8, 4) is 6.07 Å². The highest BCUT2D eigenvalue weighted by Gasteiger charge is 2.71. The average Bonchev–Trinajstić information content (AvgIpc) is 3.33. The van der Waals surface area contributed by atoms with Gasteiger partial charge in [-0.15, -0.1) is 0 Å². The van der Waals surface area contributed by atoms with Crippen LogP contribution >= 0.6 is 23.5 Å². The van der Waals surface area contributed by atoms with Crippen molar-refractivity contribution in [2.75, 3.05) is 18.9 Å². The molecule has 0 saturated carbocycles. The predicted octanol–water partition coefficient (Wildman–Crippen LogP) is -2.25. The number of phosphoric acid groups is 3. The Morgan fingerprint density at radius 1 is 1.29 bits per heavy atom.